The fraction of sp³-hybridized carbons (Fsp3) is 0.333. The van der Waals surface area contributed by atoms with E-state index in [1.54, 1.807) is 0 Å². The molecule has 0 spiro atoms. The van der Waals surface area contributed by atoms with Crippen molar-refractivity contribution in [2.24, 2.45) is 0 Å². The first-order valence-electron chi connectivity index (χ1n) is 7.09. The topological polar surface area (TPSA) is 80.0 Å². The SMILES string of the molecule is CCc1ccccc1NC(=O)c1sc(NC2CC2)nc1N. The standard InChI is InChI=1S/C15H18N4OS/c1-2-9-5-3-4-6-11(9)18-14(20)12-13(16)19-15(21-12)17-10-7-8-10/h3-6,10H,2,7-8,16H2,1H3,(H,17,19)(H,18,20). The molecular weight excluding hydrogens is 284 g/mol. The zero-order valence-electron chi connectivity index (χ0n) is 11.8. The first-order valence-corrected chi connectivity index (χ1v) is 7.91. The van der Waals surface area contributed by atoms with Crippen LogP contribution in [0.2, 0.25) is 0 Å². The highest BCUT2D eigenvalue weighted by Crippen LogP contribution is 2.31. The monoisotopic (exact) mass is 302 g/mol. The van der Waals surface area contributed by atoms with Crippen LogP contribution in [0.1, 0.15) is 35.0 Å². The molecule has 1 aliphatic rings. The average Bonchev–Trinajstić information content (AvgIpc) is 3.21. The number of nitrogens with two attached hydrogens (primary N) is 1. The Bertz CT molecular complexity index is 663. The molecule has 2 aromatic rings. The summed E-state index contributed by atoms with van der Waals surface area (Å²) in [5, 5.41) is 6.92. The highest BCUT2D eigenvalue weighted by atomic mass is 32.1. The van der Waals surface area contributed by atoms with Crippen LogP contribution in [0.5, 0.6) is 0 Å². The Morgan fingerprint density at radius 2 is 2.19 bits per heavy atom. The van der Waals surface area contributed by atoms with Crippen LogP contribution in [-0.4, -0.2) is 16.9 Å². The maximum Gasteiger partial charge on any atom is 0.269 e. The highest BCUT2D eigenvalue weighted by molar-refractivity contribution is 7.18. The van der Waals surface area contributed by atoms with Gasteiger partial charge in [0.05, 0.1) is 0 Å². The lowest BCUT2D eigenvalue weighted by molar-refractivity contribution is 0.103. The first-order chi connectivity index (χ1) is 10.2. The Morgan fingerprint density at radius 3 is 2.90 bits per heavy atom. The lowest BCUT2D eigenvalue weighted by Gasteiger charge is -2.08. The zero-order chi connectivity index (χ0) is 14.8. The van der Waals surface area contributed by atoms with E-state index in [1.165, 1.54) is 11.3 Å². The molecule has 0 bridgehead atoms. The summed E-state index contributed by atoms with van der Waals surface area (Å²) < 4.78 is 0. The number of rotatable bonds is 5. The number of thiazole rings is 1. The van der Waals surface area contributed by atoms with Gasteiger partial charge in [-0.25, -0.2) is 4.98 Å². The van der Waals surface area contributed by atoms with Crippen molar-refractivity contribution < 1.29 is 4.79 Å². The van der Waals surface area contributed by atoms with Crippen molar-refractivity contribution in [3.8, 4) is 0 Å². The van der Waals surface area contributed by atoms with Gasteiger partial charge in [-0.1, -0.05) is 36.5 Å². The summed E-state index contributed by atoms with van der Waals surface area (Å²) in [5.74, 6) is 0.0874. The third kappa shape index (κ3) is 3.16. The van der Waals surface area contributed by atoms with Crippen LogP contribution in [0.3, 0.4) is 0 Å². The molecule has 5 nitrogen and oxygen atoms in total. The van der Waals surface area contributed by atoms with Crippen LogP contribution in [0.15, 0.2) is 24.3 Å². The van der Waals surface area contributed by atoms with E-state index in [0.717, 1.165) is 35.6 Å². The molecule has 0 unspecified atom stereocenters. The molecule has 1 aliphatic carbocycles. The van der Waals surface area contributed by atoms with E-state index in [2.05, 4.69) is 22.5 Å². The lowest BCUT2D eigenvalue weighted by atomic mass is 10.1. The third-order valence-corrected chi connectivity index (χ3v) is 4.41. The van der Waals surface area contributed by atoms with Crippen molar-refractivity contribution in [2.75, 3.05) is 16.4 Å². The summed E-state index contributed by atoms with van der Waals surface area (Å²) >= 11 is 1.31. The Labute approximate surface area is 127 Å². The summed E-state index contributed by atoms with van der Waals surface area (Å²) in [5.41, 5.74) is 7.79. The number of para-hydroxylation sites is 1. The minimum Gasteiger partial charge on any atom is -0.382 e. The van der Waals surface area contributed by atoms with Gasteiger partial charge in [0.2, 0.25) is 0 Å². The van der Waals surface area contributed by atoms with Crippen molar-refractivity contribution in [3.05, 3.63) is 34.7 Å². The number of carbonyl (C=O) groups is 1. The number of aromatic nitrogens is 1. The third-order valence-electron chi connectivity index (χ3n) is 3.41. The number of amides is 1. The molecule has 1 heterocycles. The molecule has 1 aromatic heterocycles. The van der Waals surface area contributed by atoms with Crippen LogP contribution in [0, 0.1) is 0 Å². The number of nitrogens with one attached hydrogen (secondary N) is 2. The van der Waals surface area contributed by atoms with E-state index < -0.39 is 0 Å². The number of nitrogens with zero attached hydrogens (tertiary/aromatic N) is 1. The van der Waals surface area contributed by atoms with Gasteiger partial charge in [-0.05, 0) is 30.9 Å². The fourth-order valence-corrected chi connectivity index (χ4v) is 2.95. The van der Waals surface area contributed by atoms with E-state index in [-0.39, 0.29) is 11.7 Å². The highest BCUT2D eigenvalue weighted by Gasteiger charge is 2.24. The van der Waals surface area contributed by atoms with Crippen molar-refractivity contribution in [3.63, 3.8) is 0 Å². The molecule has 4 N–H and O–H groups in total. The minimum absolute atomic E-state index is 0.199. The molecule has 3 rings (SSSR count). The van der Waals surface area contributed by atoms with Crippen LogP contribution in [0.25, 0.3) is 0 Å². The number of aryl methyl sites for hydroxylation is 1. The summed E-state index contributed by atoms with van der Waals surface area (Å²) in [6.07, 6.45) is 3.18. The molecule has 21 heavy (non-hydrogen) atoms. The number of carbonyl (C=O) groups excluding carboxylic acids is 1. The van der Waals surface area contributed by atoms with Crippen LogP contribution < -0.4 is 16.4 Å². The van der Waals surface area contributed by atoms with E-state index in [4.69, 9.17) is 5.73 Å². The molecule has 1 amide bonds. The van der Waals surface area contributed by atoms with Gasteiger partial charge in [-0.2, -0.15) is 0 Å². The molecule has 110 valence electrons. The molecule has 6 heteroatoms. The first kappa shape index (κ1) is 13.9. The molecule has 0 aliphatic heterocycles. The Hall–Kier alpha value is -2.08. The van der Waals surface area contributed by atoms with Gasteiger partial charge in [0.25, 0.3) is 5.91 Å². The Kier molecular flexibility index (Phi) is 3.79. The minimum atomic E-state index is -0.199. The molecule has 0 radical (unpaired) electrons. The van der Waals surface area contributed by atoms with Gasteiger partial charge in [-0.3, -0.25) is 4.79 Å². The van der Waals surface area contributed by atoms with E-state index in [9.17, 15) is 4.79 Å². The zero-order valence-corrected chi connectivity index (χ0v) is 12.7. The molecule has 0 saturated heterocycles. The fourth-order valence-electron chi connectivity index (χ4n) is 2.09. The van der Waals surface area contributed by atoms with Crippen LogP contribution in [-0.2, 0) is 6.42 Å². The maximum atomic E-state index is 12.4. The second kappa shape index (κ2) is 5.73. The summed E-state index contributed by atoms with van der Waals surface area (Å²) in [6, 6.07) is 8.27. The van der Waals surface area contributed by atoms with Gasteiger partial charge in [-0.15, -0.1) is 0 Å². The second-order valence-corrected chi connectivity index (χ2v) is 6.12. The van der Waals surface area contributed by atoms with Gasteiger partial charge < -0.3 is 16.4 Å². The van der Waals surface area contributed by atoms with Crippen molar-refractivity contribution in [2.45, 2.75) is 32.2 Å². The van der Waals surface area contributed by atoms with Crippen molar-refractivity contribution in [1.29, 1.82) is 0 Å². The average molecular weight is 302 g/mol. The molecule has 0 atom stereocenters. The lowest BCUT2D eigenvalue weighted by Crippen LogP contribution is -2.13. The Morgan fingerprint density at radius 1 is 1.43 bits per heavy atom. The normalized spacial score (nSPS) is 14.0. The summed E-state index contributed by atoms with van der Waals surface area (Å²) in [7, 11) is 0. The Balaban J connectivity index is 1.76. The number of hydrogen-bond acceptors (Lipinski definition) is 5. The number of nitrogen functional groups attached to an aromatic ring is 1. The van der Waals surface area contributed by atoms with Gasteiger partial charge in [0, 0.05) is 11.7 Å². The maximum absolute atomic E-state index is 12.4. The number of anilines is 3. The summed E-state index contributed by atoms with van der Waals surface area (Å²) in [4.78, 5) is 17.1. The van der Waals surface area contributed by atoms with Crippen molar-refractivity contribution in [1.82, 2.24) is 4.98 Å². The predicted molar refractivity (Wildman–Crippen MR) is 86.9 cm³/mol. The predicted octanol–water partition coefficient (Wildman–Crippen LogP) is 3.11. The quantitative estimate of drug-likeness (QED) is 0.793. The largest absolute Gasteiger partial charge is 0.382 e. The van der Waals surface area contributed by atoms with E-state index in [1.807, 2.05) is 24.3 Å². The van der Waals surface area contributed by atoms with Crippen LogP contribution in [0.4, 0.5) is 16.6 Å². The second-order valence-electron chi connectivity index (χ2n) is 5.12. The molecule has 1 aromatic carbocycles. The van der Waals surface area contributed by atoms with Crippen molar-refractivity contribution >= 4 is 33.9 Å². The molecular formula is C15H18N4OS. The summed E-state index contributed by atoms with van der Waals surface area (Å²) in [6.45, 7) is 2.06. The van der Waals surface area contributed by atoms with E-state index >= 15 is 0 Å². The van der Waals surface area contributed by atoms with E-state index in [0.29, 0.717) is 10.9 Å². The number of benzene rings is 1. The molecule has 1 fully saturated rings. The molecule has 1 saturated carbocycles. The van der Waals surface area contributed by atoms with Crippen LogP contribution >= 0.6 is 11.3 Å². The number of hydrogen-bond donors (Lipinski definition) is 3. The van der Waals surface area contributed by atoms with Gasteiger partial charge >= 0.3 is 0 Å². The smallest absolute Gasteiger partial charge is 0.269 e. The van der Waals surface area contributed by atoms with Gasteiger partial charge in [0.1, 0.15) is 10.7 Å². The van der Waals surface area contributed by atoms with Gasteiger partial charge in [0.15, 0.2) is 5.13 Å².